The van der Waals surface area contributed by atoms with E-state index < -0.39 is 0 Å². The van der Waals surface area contributed by atoms with E-state index in [0.29, 0.717) is 23.8 Å². The highest BCUT2D eigenvalue weighted by Crippen LogP contribution is 2.35. The molecule has 1 aliphatic heterocycles. The van der Waals surface area contributed by atoms with Crippen LogP contribution in [0.15, 0.2) is 54.7 Å². The molecular weight excluding hydrogens is 354 g/mol. The molecule has 1 saturated heterocycles. The third-order valence-corrected chi connectivity index (χ3v) is 5.21. The van der Waals surface area contributed by atoms with E-state index in [9.17, 15) is 4.79 Å². The maximum Gasteiger partial charge on any atom is 0.248 e. The molecule has 1 heterocycles. The van der Waals surface area contributed by atoms with Gasteiger partial charge in [0.05, 0.1) is 19.8 Å². The number of amides is 1. The number of carbonyl (C=O) groups is 1. The topological polar surface area (TPSA) is 71.6 Å². The van der Waals surface area contributed by atoms with Crippen molar-refractivity contribution in [1.82, 2.24) is 10.9 Å². The van der Waals surface area contributed by atoms with Gasteiger partial charge in [0.2, 0.25) is 5.91 Å². The van der Waals surface area contributed by atoms with Gasteiger partial charge in [0.1, 0.15) is 0 Å². The molecule has 1 aromatic carbocycles. The summed E-state index contributed by atoms with van der Waals surface area (Å²) >= 11 is 0. The maximum atomic E-state index is 12.4. The van der Waals surface area contributed by atoms with Crippen LogP contribution < -0.4 is 25.6 Å². The van der Waals surface area contributed by atoms with Crippen LogP contribution in [0, 0.1) is 5.41 Å². The molecule has 0 aromatic heterocycles. The molecule has 0 bridgehead atoms. The summed E-state index contributed by atoms with van der Waals surface area (Å²) in [6.45, 7) is 4.66. The van der Waals surface area contributed by atoms with Crippen LogP contribution in [-0.4, -0.2) is 31.7 Å². The van der Waals surface area contributed by atoms with E-state index >= 15 is 0 Å². The number of fused-ring (bicyclic) bond motifs is 1. The van der Waals surface area contributed by atoms with Gasteiger partial charge in [-0.3, -0.25) is 4.79 Å². The summed E-state index contributed by atoms with van der Waals surface area (Å²) in [7, 11) is 1.58. The lowest BCUT2D eigenvalue weighted by molar-refractivity contribution is -0.111. The lowest BCUT2D eigenvalue weighted by atomic mass is 9.76. The average Bonchev–Trinajstić information content (AvgIpc) is 2.97. The minimum absolute atomic E-state index is 0. The number of anilines is 1. The van der Waals surface area contributed by atoms with Gasteiger partial charge in [0.15, 0.2) is 11.5 Å². The number of hydrazine groups is 1. The lowest BCUT2D eigenvalue weighted by Crippen LogP contribution is -2.36. The van der Waals surface area contributed by atoms with Crippen LogP contribution in [0.25, 0.3) is 0 Å². The molecule has 1 fully saturated rings. The Morgan fingerprint density at radius 1 is 1.32 bits per heavy atom. The van der Waals surface area contributed by atoms with Crippen LogP contribution in [-0.2, 0) is 4.79 Å². The molecular formula is C22H33N3O3. The first-order valence-corrected chi connectivity index (χ1v) is 9.72. The van der Waals surface area contributed by atoms with Gasteiger partial charge >= 0.3 is 0 Å². The molecule has 6 nitrogen and oxygen atoms in total. The van der Waals surface area contributed by atoms with Crippen molar-refractivity contribution in [3.63, 3.8) is 0 Å². The van der Waals surface area contributed by atoms with Gasteiger partial charge in [-0.2, -0.15) is 0 Å². The van der Waals surface area contributed by atoms with Gasteiger partial charge in [-0.15, -0.1) is 0 Å². The number of rotatable bonds is 6. The second kappa shape index (κ2) is 9.08. The van der Waals surface area contributed by atoms with Crippen molar-refractivity contribution in [2.45, 2.75) is 38.8 Å². The van der Waals surface area contributed by atoms with Crippen LogP contribution in [0.4, 0.5) is 5.69 Å². The predicted molar refractivity (Wildman–Crippen MR) is 116 cm³/mol. The van der Waals surface area contributed by atoms with E-state index in [0.717, 1.165) is 12.8 Å². The fourth-order valence-corrected chi connectivity index (χ4v) is 3.55. The molecule has 3 unspecified atom stereocenters. The summed E-state index contributed by atoms with van der Waals surface area (Å²) in [5.41, 5.74) is 7.15. The minimum atomic E-state index is -0.189. The van der Waals surface area contributed by atoms with Gasteiger partial charge in [0, 0.05) is 32.1 Å². The molecule has 1 amide bonds. The number of hydrogen-bond acceptors (Lipinski definition) is 5. The molecule has 28 heavy (non-hydrogen) atoms. The van der Waals surface area contributed by atoms with Gasteiger partial charge in [-0.25, -0.2) is 10.9 Å². The standard InChI is InChI=1S/C22H29N3O3.2H2/c1-4-28-17-11-10-16(15-18(17)27-3)23-21(26)13-12-20-22(2)14-8-6-5-7-9-19(22)24-25-20;;/h7-15,19-20,24-25H,4-6H2,1-3H3,(H,23,26);2*1H/b9-7-,13-12+,14-8-;;. The van der Waals surface area contributed by atoms with Gasteiger partial charge in [-0.05, 0) is 31.9 Å². The molecule has 1 aliphatic carbocycles. The number of hydrogen-bond donors (Lipinski definition) is 3. The van der Waals surface area contributed by atoms with Crippen molar-refractivity contribution in [3.05, 3.63) is 54.7 Å². The van der Waals surface area contributed by atoms with E-state index in [1.807, 2.05) is 13.0 Å². The average molecular weight is 388 g/mol. The number of carbonyl (C=O) groups excluding carboxylic acids is 1. The smallest absolute Gasteiger partial charge is 0.248 e. The Balaban J connectivity index is 0.00000225. The molecule has 3 N–H and O–H groups in total. The van der Waals surface area contributed by atoms with Crippen molar-refractivity contribution < 1.29 is 17.1 Å². The molecule has 6 heteroatoms. The van der Waals surface area contributed by atoms with Crippen molar-refractivity contribution >= 4 is 11.6 Å². The highest BCUT2D eigenvalue weighted by molar-refractivity contribution is 5.99. The Morgan fingerprint density at radius 3 is 2.93 bits per heavy atom. The minimum Gasteiger partial charge on any atom is -0.493 e. The first-order chi connectivity index (χ1) is 13.6. The monoisotopic (exact) mass is 387 g/mol. The van der Waals surface area contributed by atoms with Crippen LogP contribution in [0.2, 0.25) is 0 Å². The van der Waals surface area contributed by atoms with Crippen molar-refractivity contribution in [2.24, 2.45) is 5.41 Å². The van der Waals surface area contributed by atoms with Crippen LogP contribution in [0.5, 0.6) is 11.5 Å². The summed E-state index contributed by atoms with van der Waals surface area (Å²) in [5, 5.41) is 2.88. The molecule has 3 atom stereocenters. The van der Waals surface area contributed by atoms with E-state index in [1.165, 1.54) is 0 Å². The van der Waals surface area contributed by atoms with Crippen LogP contribution in [0.3, 0.4) is 0 Å². The molecule has 3 rings (SSSR count). The molecule has 1 aromatic rings. The highest BCUT2D eigenvalue weighted by Gasteiger charge is 2.42. The first kappa shape index (κ1) is 20.2. The Morgan fingerprint density at radius 2 is 2.14 bits per heavy atom. The number of benzene rings is 1. The summed E-state index contributed by atoms with van der Waals surface area (Å²) in [6, 6.07) is 5.55. The van der Waals surface area contributed by atoms with E-state index in [1.54, 1.807) is 31.4 Å². The third kappa shape index (κ3) is 4.46. The van der Waals surface area contributed by atoms with Gasteiger partial charge in [0.25, 0.3) is 0 Å². The number of nitrogens with one attached hydrogen (secondary N) is 3. The first-order valence-electron chi connectivity index (χ1n) is 9.72. The quantitative estimate of drug-likeness (QED) is 0.511. The van der Waals surface area contributed by atoms with Crippen molar-refractivity contribution in [1.29, 1.82) is 0 Å². The Hall–Kier alpha value is -2.57. The predicted octanol–water partition coefficient (Wildman–Crippen LogP) is 3.84. The van der Waals surface area contributed by atoms with Crippen molar-refractivity contribution in [2.75, 3.05) is 19.0 Å². The number of allylic oxidation sites excluding steroid dienone is 2. The highest BCUT2D eigenvalue weighted by atomic mass is 16.5. The second-order valence-electron chi connectivity index (χ2n) is 7.16. The Bertz CT molecular complexity index is 798. The molecule has 0 saturated carbocycles. The molecule has 0 radical (unpaired) electrons. The zero-order valence-electron chi connectivity index (χ0n) is 16.7. The van der Waals surface area contributed by atoms with E-state index in [2.05, 4.69) is 47.4 Å². The lowest BCUT2D eigenvalue weighted by Gasteiger charge is -2.29. The summed E-state index contributed by atoms with van der Waals surface area (Å²) < 4.78 is 10.8. The van der Waals surface area contributed by atoms with Crippen LogP contribution >= 0.6 is 0 Å². The summed E-state index contributed by atoms with van der Waals surface area (Å²) in [6.07, 6.45) is 14.5. The second-order valence-corrected chi connectivity index (χ2v) is 7.16. The molecule has 2 aliphatic rings. The van der Waals surface area contributed by atoms with Gasteiger partial charge in [-0.1, -0.05) is 37.3 Å². The van der Waals surface area contributed by atoms with E-state index in [-0.39, 0.29) is 26.3 Å². The molecule has 154 valence electrons. The fraction of sp³-hybridized carbons (Fsp3) is 0.409. The SMILES string of the molecule is CCOc1ccc(NC(=O)/C=C/C2NNC3/C=C\CC/C=C\C32C)cc1OC.[HH].[HH]. The number of methoxy groups -OCH3 is 1. The third-order valence-electron chi connectivity index (χ3n) is 5.21. The zero-order chi connectivity index (χ0) is 20.0. The van der Waals surface area contributed by atoms with Crippen LogP contribution in [0.1, 0.15) is 29.5 Å². The molecule has 0 spiro atoms. The Kier molecular flexibility index (Phi) is 6.54. The normalized spacial score (nSPS) is 28.8. The number of ether oxygens (including phenoxy) is 2. The summed E-state index contributed by atoms with van der Waals surface area (Å²) in [4.78, 5) is 12.4. The fourth-order valence-electron chi connectivity index (χ4n) is 3.55. The largest absolute Gasteiger partial charge is 0.493 e. The maximum absolute atomic E-state index is 12.4. The van der Waals surface area contributed by atoms with E-state index in [4.69, 9.17) is 9.47 Å². The summed E-state index contributed by atoms with van der Waals surface area (Å²) in [5.74, 6) is 1.06. The Labute approximate surface area is 169 Å². The van der Waals surface area contributed by atoms with Crippen molar-refractivity contribution in [3.8, 4) is 11.5 Å². The van der Waals surface area contributed by atoms with Gasteiger partial charge < -0.3 is 14.8 Å². The zero-order valence-corrected chi connectivity index (χ0v) is 16.7.